The summed E-state index contributed by atoms with van der Waals surface area (Å²) in [6, 6.07) is 7.76. The highest BCUT2D eigenvalue weighted by Crippen LogP contribution is 2.52. The first-order valence-electron chi connectivity index (χ1n) is 18.2. The zero-order valence-electron chi connectivity index (χ0n) is 33.4. The molecule has 0 amide bonds. The van der Waals surface area contributed by atoms with Gasteiger partial charge in [-0.25, -0.2) is 4.79 Å². The first-order valence-corrected chi connectivity index (χ1v) is 18.2. The Morgan fingerprint density at radius 1 is 0.764 bits per heavy atom. The third-order valence-corrected chi connectivity index (χ3v) is 9.79. The highest BCUT2D eigenvalue weighted by Gasteiger charge is 2.69. The third kappa shape index (κ3) is 10.1. The van der Waals surface area contributed by atoms with Crippen LogP contribution >= 0.6 is 0 Å². The Morgan fingerprint density at radius 3 is 1.78 bits per heavy atom. The largest absolute Gasteiger partial charge is 0.458 e. The summed E-state index contributed by atoms with van der Waals surface area (Å²) in [5, 5.41) is 12.9. The summed E-state index contributed by atoms with van der Waals surface area (Å²) < 4.78 is 35.6. The number of fused-ring (bicyclic) bond motifs is 1. The minimum absolute atomic E-state index is 0.0681. The van der Waals surface area contributed by atoms with Crippen molar-refractivity contribution in [2.75, 3.05) is 0 Å². The van der Waals surface area contributed by atoms with Gasteiger partial charge in [0.1, 0.15) is 17.3 Å². The van der Waals surface area contributed by atoms with Crippen LogP contribution in [0, 0.1) is 29.1 Å². The van der Waals surface area contributed by atoms with Crippen molar-refractivity contribution in [1.29, 1.82) is 0 Å². The molecule has 55 heavy (non-hydrogen) atoms. The van der Waals surface area contributed by atoms with E-state index >= 15 is 0 Å². The van der Waals surface area contributed by atoms with Crippen LogP contribution in [0.15, 0.2) is 54.6 Å². The second-order valence-electron chi connectivity index (χ2n) is 15.8. The monoisotopic (exact) mass is 770 g/mol. The molecule has 1 saturated carbocycles. The number of hydrogen-bond acceptors (Lipinski definition) is 14. The minimum Gasteiger partial charge on any atom is -0.458 e. The molecule has 0 unspecified atom stereocenters. The number of aliphatic hydroxyl groups is 1. The lowest BCUT2D eigenvalue weighted by atomic mass is 9.72. The second kappa shape index (κ2) is 17.3. The molecule has 0 bridgehead atoms. The standard InChI is InChI=1S/C41H54O14/c1-21(2)36(46)52-30-24(6)31(53-37(47)22(3)4)32(50-25(7)42)35(51-26(8)43)39(10,11)19-18-23(5)33(45)41(49)20-40(12,55-27(9)44)34(29(30)41)54-38(48)28-16-14-13-15-17-28/h13-19,21-23,29-32,34-35,49H,6,20H2,1-5,7-12H3/b19-18+/t23-,29-,30+,31-,32+,34+,35+,40+,41+/m0/s1. The first kappa shape index (κ1) is 44.5. The van der Waals surface area contributed by atoms with Gasteiger partial charge in [-0.3, -0.25) is 28.8 Å². The number of allylic oxidation sites excluding steroid dienone is 1. The normalized spacial score (nSPS) is 31.2. The molecule has 1 aromatic rings. The molecule has 3 rings (SSSR count). The van der Waals surface area contributed by atoms with Gasteiger partial charge in [0.05, 0.1) is 23.3 Å². The summed E-state index contributed by atoms with van der Waals surface area (Å²) in [7, 11) is 0. The zero-order valence-corrected chi connectivity index (χ0v) is 33.4. The molecule has 14 nitrogen and oxygen atoms in total. The van der Waals surface area contributed by atoms with E-state index < -0.39 is 119 Å². The van der Waals surface area contributed by atoms with Crippen molar-refractivity contribution in [1.82, 2.24) is 0 Å². The lowest BCUT2D eigenvalue weighted by Crippen LogP contribution is -2.58. The average molecular weight is 771 g/mol. The molecular formula is C41H54O14. The van der Waals surface area contributed by atoms with Crippen LogP contribution in [-0.2, 0) is 57.2 Å². The van der Waals surface area contributed by atoms with Crippen LogP contribution in [0.5, 0.6) is 0 Å². The van der Waals surface area contributed by atoms with E-state index in [1.54, 1.807) is 32.0 Å². The fourth-order valence-corrected chi connectivity index (χ4v) is 7.10. The smallest absolute Gasteiger partial charge is 0.338 e. The summed E-state index contributed by atoms with van der Waals surface area (Å²) in [4.78, 5) is 94.0. The molecule has 0 aromatic heterocycles. The Hall–Kier alpha value is -4.85. The molecular weight excluding hydrogens is 716 g/mol. The number of hydrogen-bond donors (Lipinski definition) is 1. The van der Waals surface area contributed by atoms with E-state index in [1.165, 1.54) is 65.8 Å². The maximum absolute atomic E-state index is 14.7. The Labute approximate surface area is 321 Å². The van der Waals surface area contributed by atoms with Crippen LogP contribution in [0.1, 0.15) is 92.9 Å². The van der Waals surface area contributed by atoms with Crippen molar-refractivity contribution in [3.8, 4) is 0 Å². The van der Waals surface area contributed by atoms with E-state index in [4.69, 9.17) is 28.4 Å². The SMILES string of the molecule is C=C1[C@@H](OC(=O)C(C)C)[C@H]2[C@@H](OC(=O)c3ccccc3)[C@](C)(OC(C)=O)C[C@]2(O)C(=O)[C@@H](C)/C=C/C(C)(C)[C@H](OC(C)=O)[C@H](OC(C)=O)[C@H]1OC(=O)C(C)C. The summed E-state index contributed by atoms with van der Waals surface area (Å²) in [5.74, 6) is -10.5. The van der Waals surface area contributed by atoms with E-state index in [9.17, 15) is 38.7 Å². The van der Waals surface area contributed by atoms with Crippen LogP contribution < -0.4 is 0 Å². The summed E-state index contributed by atoms with van der Waals surface area (Å²) in [6.07, 6.45) is -6.14. The maximum atomic E-state index is 14.7. The number of benzene rings is 1. The van der Waals surface area contributed by atoms with Crippen LogP contribution in [0.4, 0.5) is 0 Å². The molecule has 0 aliphatic heterocycles. The van der Waals surface area contributed by atoms with Gasteiger partial charge in [0.15, 0.2) is 30.2 Å². The van der Waals surface area contributed by atoms with Gasteiger partial charge in [0, 0.05) is 44.1 Å². The molecule has 9 atom stereocenters. The molecule has 302 valence electrons. The van der Waals surface area contributed by atoms with Crippen LogP contribution in [0.25, 0.3) is 0 Å². The highest BCUT2D eigenvalue weighted by atomic mass is 16.6. The quantitative estimate of drug-likeness (QED) is 0.207. The number of rotatable bonds is 9. The van der Waals surface area contributed by atoms with Crippen molar-refractivity contribution in [3.05, 3.63) is 60.2 Å². The molecule has 0 radical (unpaired) electrons. The molecule has 1 fully saturated rings. The van der Waals surface area contributed by atoms with Crippen molar-refractivity contribution < 1.29 is 67.1 Å². The van der Waals surface area contributed by atoms with Crippen molar-refractivity contribution in [2.45, 2.75) is 124 Å². The molecule has 0 spiro atoms. The lowest BCUT2D eigenvalue weighted by Gasteiger charge is -2.44. The number of esters is 6. The summed E-state index contributed by atoms with van der Waals surface area (Å²) in [6.45, 7) is 19.7. The number of ketones is 1. The van der Waals surface area contributed by atoms with Gasteiger partial charge in [-0.2, -0.15) is 0 Å². The fourth-order valence-electron chi connectivity index (χ4n) is 7.10. The summed E-state index contributed by atoms with van der Waals surface area (Å²) in [5.41, 5.74) is -6.06. The predicted octanol–water partition coefficient (Wildman–Crippen LogP) is 4.64. The fraction of sp³-hybridized carbons (Fsp3) is 0.585. The van der Waals surface area contributed by atoms with E-state index in [1.807, 2.05) is 0 Å². The Kier molecular flexibility index (Phi) is 14.0. The molecule has 0 heterocycles. The molecule has 1 N–H and O–H groups in total. The van der Waals surface area contributed by atoms with Gasteiger partial charge in [-0.1, -0.05) is 85.4 Å². The number of carbonyl (C=O) groups is 7. The maximum Gasteiger partial charge on any atom is 0.338 e. The van der Waals surface area contributed by atoms with Crippen molar-refractivity contribution >= 4 is 41.6 Å². The van der Waals surface area contributed by atoms with Crippen molar-refractivity contribution in [3.63, 3.8) is 0 Å². The molecule has 14 heteroatoms. The second-order valence-corrected chi connectivity index (χ2v) is 15.8. The molecule has 2 aliphatic carbocycles. The van der Waals surface area contributed by atoms with E-state index in [-0.39, 0.29) is 11.1 Å². The van der Waals surface area contributed by atoms with Gasteiger partial charge < -0.3 is 33.5 Å². The minimum atomic E-state index is -2.59. The van der Waals surface area contributed by atoms with Crippen LogP contribution in [0.2, 0.25) is 0 Å². The zero-order chi connectivity index (χ0) is 41.8. The van der Waals surface area contributed by atoms with Gasteiger partial charge in [-0.05, 0) is 19.1 Å². The Balaban J connectivity index is 2.55. The molecule has 2 aliphatic rings. The van der Waals surface area contributed by atoms with E-state index in [2.05, 4.69) is 6.58 Å². The summed E-state index contributed by atoms with van der Waals surface area (Å²) >= 11 is 0. The number of carbonyl (C=O) groups excluding carboxylic acids is 7. The van der Waals surface area contributed by atoms with Gasteiger partial charge in [-0.15, -0.1) is 0 Å². The number of Topliss-reactive ketones (excluding diaryl/α,β-unsaturated/α-hetero) is 1. The van der Waals surface area contributed by atoms with Gasteiger partial charge in [0.2, 0.25) is 0 Å². The predicted molar refractivity (Wildman–Crippen MR) is 196 cm³/mol. The number of ether oxygens (including phenoxy) is 6. The highest BCUT2D eigenvalue weighted by molar-refractivity contribution is 5.93. The van der Waals surface area contributed by atoms with Crippen LogP contribution in [0.3, 0.4) is 0 Å². The third-order valence-electron chi connectivity index (χ3n) is 9.79. The van der Waals surface area contributed by atoms with E-state index in [0.717, 1.165) is 20.8 Å². The topological polar surface area (TPSA) is 195 Å². The van der Waals surface area contributed by atoms with Gasteiger partial charge in [0.25, 0.3) is 0 Å². The van der Waals surface area contributed by atoms with Crippen LogP contribution in [-0.4, -0.2) is 88.4 Å². The first-order chi connectivity index (χ1) is 25.4. The Morgan fingerprint density at radius 2 is 1.29 bits per heavy atom. The Bertz CT molecular complexity index is 1690. The average Bonchev–Trinajstić information content (AvgIpc) is 3.30. The molecule has 1 aromatic carbocycles. The molecule has 0 saturated heterocycles. The van der Waals surface area contributed by atoms with E-state index in [0.29, 0.717) is 0 Å². The lowest BCUT2D eigenvalue weighted by molar-refractivity contribution is -0.193. The van der Waals surface area contributed by atoms with Gasteiger partial charge >= 0.3 is 35.8 Å². The van der Waals surface area contributed by atoms with Crippen molar-refractivity contribution in [2.24, 2.45) is 29.1 Å².